The van der Waals surface area contributed by atoms with Gasteiger partial charge in [0.05, 0.1) is 17.9 Å². The number of anilines is 1. The van der Waals surface area contributed by atoms with E-state index in [0.29, 0.717) is 0 Å². The first kappa shape index (κ1) is 12.8. The molecular weight excluding hydrogens is 250 g/mol. The fourth-order valence-corrected chi connectivity index (χ4v) is 2.45. The van der Waals surface area contributed by atoms with Crippen LogP contribution in [0.25, 0.3) is 0 Å². The SMILES string of the molecule is Cc1ccncc1NC(=O)[C@@H]1Cc2ccccc2CN1. The summed E-state index contributed by atoms with van der Waals surface area (Å²) in [6.07, 6.45) is 4.13. The van der Waals surface area contributed by atoms with Gasteiger partial charge in [-0.05, 0) is 36.1 Å². The molecule has 0 spiro atoms. The van der Waals surface area contributed by atoms with E-state index in [9.17, 15) is 4.79 Å². The molecule has 0 fully saturated rings. The van der Waals surface area contributed by atoms with Gasteiger partial charge in [0.25, 0.3) is 0 Å². The molecule has 0 saturated heterocycles. The van der Waals surface area contributed by atoms with Crippen LogP contribution in [-0.2, 0) is 17.8 Å². The van der Waals surface area contributed by atoms with E-state index in [0.717, 1.165) is 24.2 Å². The second-order valence-electron chi connectivity index (χ2n) is 5.09. The lowest BCUT2D eigenvalue weighted by atomic mass is 9.95. The molecule has 1 aromatic heterocycles. The van der Waals surface area contributed by atoms with Crippen molar-refractivity contribution in [2.45, 2.75) is 25.9 Å². The summed E-state index contributed by atoms with van der Waals surface area (Å²) in [5, 5.41) is 6.23. The van der Waals surface area contributed by atoms with Crippen molar-refractivity contribution in [3.63, 3.8) is 0 Å². The quantitative estimate of drug-likeness (QED) is 0.875. The molecular formula is C16H17N3O. The van der Waals surface area contributed by atoms with Crippen LogP contribution in [-0.4, -0.2) is 16.9 Å². The van der Waals surface area contributed by atoms with E-state index in [4.69, 9.17) is 0 Å². The number of aryl methyl sites for hydroxylation is 1. The highest BCUT2D eigenvalue weighted by Crippen LogP contribution is 2.18. The Bertz CT molecular complexity index is 639. The van der Waals surface area contributed by atoms with Crippen LogP contribution >= 0.6 is 0 Å². The Kier molecular flexibility index (Phi) is 3.48. The summed E-state index contributed by atoms with van der Waals surface area (Å²) in [7, 11) is 0. The molecule has 1 atom stereocenters. The second-order valence-corrected chi connectivity index (χ2v) is 5.09. The first-order valence-electron chi connectivity index (χ1n) is 6.75. The molecule has 1 aliphatic rings. The van der Waals surface area contributed by atoms with E-state index in [1.54, 1.807) is 12.4 Å². The normalized spacial score (nSPS) is 17.4. The molecule has 1 aromatic carbocycles. The zero-order chi connectivity index (χ0) is 13.9. The Morgan fingerprint density at radius 2 is 2.10 bits per heavy atom. The lowest BCUT2D eigenvalue weighted by Crippen LogP contribution is -2.44. The molecule has 0 radical (unpaired) electrons. The molecule has 102 valence electrons. The smallest absolute Gasteiger partial charge is 0.241 e. The average Bonchev–Trinajstić information content (AvgIpc) is 2.49. The van der Waals surface area contributed by atoms with Gasteiger partial charge < -0.3 is 10.6 Å². The summed E-state index contributed by atoms with van der Waals surface area (Å²) in [5.74, 6) is -0.00407. The second kappa shape index (κ2) is 5.43. The van der Waals surface area contributed by atoms with E-state index in [1.165, 1.54) is 11.1 Å². The van der Waals surface area contributed by atoms with Gasteiger partial charge in [0.15, 0.2) is 0 Å². The fraction of sp³-hybridized carbons (Fsp3) is 0.250. The van der Waals surface area contributed by atoms with Crippen molar-refractivity contribution in [1.82, 2.24) is 10.3 Å². The van der Waals surface area contributed by atoms with E-state index in [-0.39, 0.29) is 11.9 Å². The zero-order valence-corrected chi connectivity index (χ0v) is 11.4. The van der Waals surface area contributed by atoms with Gasteiger partial charge in [0.2, 0.25) is 5.91 Å². The van der Waals surface area contributed by atoms with Crippen LogP contribution in [0.1, 0.15) is 16.7 Å². The van der Waals surface area contributed by atoms with Crippen LogP contribution in [0, 0.1) is 6.92 Å². The Morgan fingerprint density at radius 1 is 1.30 bits per heavy atom. The average molecular weight is 267 g/mol. The third kappa shape index (κ3) is 2.56. The van der Waals surface area contributed by atoms with Gasteiger partial charge in [-0.2, -0.15) is 0 Å². The molecule has 2 aromatic rings. The van der Waals surface area contributed by atoms with Crippen molar-refractivity contribution >= 4 is 11.6 Å². The number of aromatic nitrogens is 1. The topological polar surface area (TPSA) is 54.0 Å². The maximum absolute atomic E-state index is 12.3. The molecule has 3 rings (SSSR count). The molecule has 1 amide bonds. The molecule has 0 aliphatic carbocycles. The fourth-order valence-electron chi connectivity index (χ4n) is 2.45. The lowest BCUT2D eigenvalue weighted by Gasteiger charge is -2.25. The number of amides is 1. The number of carbonyl (C=O) groups is 1. The van der Waals surface area contributed by atoms with Gasteiger partial charge in [-0.3, -0.25) is 9.78 Å². The predicted octanol–water partition coefficient (Wildman–Crippen LogP) is 2.04. The third-order valence-electron chi connectivity index (χ3n) is 3.69. The summed E-state index contributed by atoms with van der Waals surface area (Å²) in [4.78, 5) is 16.4. The van der Waals surface area contributed by atoms with E-state index < -0.39 is 0 Å². The summed E-state index contributed by atoms with van der Waals surface area (Å²) >= 11 is 0. The molecule has 4 nitrogen and oxygen atoms in total. The van der Waals surface area contributed by atoms with Crippen molar-refractivity contribution in [2.75, 3.05) is 5.32 Å². The number of benzene rings is 1. The van der Waals surface area contributed by atoms with Crippen LogP contribution in [0.3, 0.4) is 0 Å². The highest BCUT2D eigenvalue weighted by atomic mass is 16.2. The number of rotatable bonds is 2. The van der Waals surface area contributed by atoms with Crippen LogP contribution in [0.5, 0.6) is 0 Å². The molecule has 4 heteroatoms. The van der Waals surface area contributed by atoms with Crippen LogP contribution in [0.2, 0.25) is 0 Å². The number of pyridine rings is 1. The minimum Gasteiger partial charge on any atom is -0.323 e. The van der Waals surface area contributed by atoms with Crippen LogP contribution in [0.4, 0.5) is 5.69 Å². The van der Waals surface area contributed by atoms with Gasteiger partial charge in [-0.1, -0.05) is 24.3 Å². The monoisotopic (exact) mass is 267 g/mol. The molecule has 0 bridgehead atoms. The molecule has 0 saturated carbocycles. The number of hydrogen-bond acceptors (Lipinski definition) is 3. The van der Waals surface area contributed by atoms with Crippen molar-refractivity contribution < 1.29 is 4.79 Å². The highest BCUT2D eigenvalue weighted by Gasteiger charge is 2.24. The van der Waals surface area contributed by atoms with E-state index >= 15 is 0 Å². The van der Waals surface area contributed by atoms with Gasteiger partial charge in [0.1, 0.15) is 0 Å². The van der Waals surface area contributed by atoms with Crippen LogP contribution < -0.4 is 10.6 Å². The molecule has 0 unspecified atom stereocenters. The Hall–Kier alpha value is -2.20. The summed E-state index contributed by atoms with van der Waals surface area (Å²) in [5.41, 5.74) is 4.31. The number of nitrogens with zero attached hydrogens (tertiary/aromatic N) is 1. The van der Waals surface area contributed by atoms with Crippen molar-refractivity contribution in [1.29, 1.82) is 0 Å². The first-order chi connectivity index (χ1) is 9.74. The largest absolute Gasteiger partial charge is 0.323 e. The standard InChI is InChI=1S/C16H17N3O/c1-11-6-7-17-10-15(11)19-16(20)14-8-12-4-2-3-5-13(12)9-18-14/h2-7,10,14,18H,8-9H2,1H3,(H,19,20)/t14-/m0/s1. The van der Waals surface area contributed by atoms with Crippen molar-refractivity contribution in [3.8, 4) is 0 Å². The van der Waals surface area contributed by atoms with Gasteiger partial charge in [0, 0.05) is 12.7 Å². The summed E-state index contributed by atoms with van der Waals surface area (Å²) in [6, 6.07) is 9.93. The zero-order valence-electron chi connectivity index (χ0n) is 11.4. The minimum absolute atomic E-state index is 0.00407. The predicted molar refractivity (Wildman–Crippen MR) is 78.4 cm³/mol. The maximum Gasteiger partial charge on any atom is 0.241 e. The Balaban J connectivity index is 1.72. The van der Waals surface area contributed by atoms with Gasteiger partial charge >= 0.3 is 0 Å². The Morgan fingerprint density at radius 3 is 2.90 bits per heavy atom. The number of nitrogens with one attached hydrogen (secondary N) is 2. The first-order valence-corrected chi connectivity index (χ1v) is 6.75. The van der Waals surface area contributed by atoms with Gasteiger partial charge in [-0.25, -0.2) is 0 Å². The van der Waals surface area contributed by atoms with Crippen molar-refractivity contribution in [3.05, 3.63) is 59.4 Å². The molecule has 20 heavy (non-hydrogen) atoms. The molecule has 2 N–H and O–H groups in total. The minimum atomic E-state index is -0.190. The third-order valence-corrected chi connectivity index (χ3v) is 3.69. The summed E-state index contributed by atoms with van der Waals surface area (Å²) < 4.78 is 0. The van der Waals surface area contributed by atoms with E-state index in [2.05, 4.69) is 27.8 Å². The number of hydrogen-bond donors (Lipinski definition) is 2. The van der Waals surface area contributed by atoms with Crippen molar-refractivity contribution in [2.24, 2.45) is 0 Å². The van der Waals surface area contributed by atoms with Crippen LogP contribution in [0.15, 0.2) is 42.7 Å². The molecule has 1 aliphatic heterocycles. The molecule has 2 heterocycles. The summed E-state index contributed by atoms with van der Waals surface area (Å²) in [6.45, 7) is 2.70. The van der Waals surface area contributed by atoms with E-state index in [1.807, 2.05) is 25.1 Å². The number of carbonyl (C=O) groups excluding carboxylic acids is 1. The number of fused-ring (bicyclic) bond motifs is 1. The maximum atomic E-state index is 12.3. The Labute approximate surface area is 118 Å². The van der Waals surface area contributed by atoms with Gasteiger partial charge in [-0.15, -0.1) is 0 Å². The highest BCUT2D eigenvalue weighted by molar-refractivity contribution is 5.95. The lowest BCUT2D eigenvalue weighted by molar-refractivity contribution is -0.118.